The number of carboxylic acid groups (broad SMARTS) is 1. The summed E-state index contributed by atoms with van der Waals surface area (Å²) in [7, 11) is 1.55. The minimum absolute atomic E-state index is 0.0255. The van der Waals surface area contributed by atoms with E-state index in [9.17, 15) is 9.18 Å². The molecule has 0 atom stereocenters. The first-order chi connectivity index (χ1) is 9.99. The van der Waals surface area contributed by atoms with Gasteiger partial charge in [0.2, 0.25) is 0 Å². The molecule has 2 aromatic rings. The van der Waals surface area contributed by atoms with Crippen molar-refractivity contribution >= 4 is 21.9 Å². The zero-order valence-electron chi connectivity index (χ0n) is 10.9. The third-order valence-electron chi connectivity index (χ3n) is 3.08. The number of hydrogen-bond acceptors (Lipinski definition) is 4. The first kappa shape index (κ1) is 13.9. The van der Waals surface area contributed by atoms with Crippen molar-refractivity contribution in [1.82, 2.24) is 9.78 Å². The van der Waals surface area contributed by atoms with Gasteiger partial charge in [-0.15, -0.1) is 0 Å². The van der Waals surface area contributed by atoms with Crippen molar-refractivity contribution in [2.45, 2.75) is 0 Å². The molecular weight excluding hydrogens is 347 g/mol. The summed E-state index contributed by atoms with van der Waals surface area (Å²) in [6.07, 6.45) is 0. The highest BCUT2D eigenvalue weighted by Gasteiger charge is 2.26. The summed E-state index contributed by atoms with van der Waals surface area (Å²) in [4.78, 5) is 11.0. The van der Waals surface area contributed by atoms with Crippen LogP contribution in [0.3, 0.4) is 0 Å². The maximum absolute atomic E-state index is 14.7. The molecule has 1 aromatic carbocycles. The number of aromatic nitrogens is 2. The quantitative estimate of drug-likeness (QED) is 0.894. The molecule has 0 fully saturated rings. The second-order valence-corrected chi connectivity index (χ2v) is 5.27. The van der Waals surface area contributed by atoms with Gasteiger partial charge in [-0.1, -0.05) is 0 Å². The monoisotopic (exact) mass is 356 g/mol. The summed E-state index contributed by atoms with van der Waals surface area (Å²) in [5.74, 6) is -1.45. The molecular formula is C13H10BrFN2O4. The molecule has 0 radical (unpaired) electrons. The number of rotatable bonds is 2. The highest BCUT2D eigenvalue weighted by molar-refractivity contribution is 9.10. The van der Waals surface area contributed by atoms with Gasteiger partial charge in [0.1, 0.15) is 13.2 Å². The Labute approximate surface area is 127 Å². The van der Waals surface area contributed by atoms with Crippen LogP contribution in [0.25, 0.3) is 11.3 Å². The van der Waals surface area contributed by atoms with E-state index in [0.717, 1.165) is 0 Å². The van der Waals surface area contributed by atoms with E-state index in [1.807, 2.05) is 0 Å². The van der Waals surface area contributed by atoms with Crippen LogP contribution in [0.1, 0.15) is 10.5 Å². The van der Waals surface area contributed by atoms with E-state index >= 15 is 0 Å². The molecule has 1 aromatic heterocycles. The highest BCUT2D eigenvalue weighted by atomic mass is 79.9. The summed E-state index contributed by atoms with van der Waals surface area (Å²) in [5.41, 5.74) is 0.351. The SMILES string of the molecule is Cn1nc(C(=O)O)cc1-c1c(Br)cc2c(c1F)OCCO2. The van der Waals surface area contributed by atoms with Crippen LogP contribution in [0.4, 0.5) is 4.39 Å². The Morgan fingerprint density at radius 2 is 2.14 bits per heavy atom. The van der Waals surface area contributed by atoms with Gasteiger partial charge in [0.05, 0.1) is 11.3 Å². The van der Waals surface area contributed by atoms with E-state index in [2.05, 4.69) is 21.0 Å². The molecule has 1 aliphatic heterocycles. The van der Waals surface area contributed by atoms with Gasteiger partial charge in [-0.3, -0.25) is 4.68 Å². The fourth-order valence-corrected chi connectivity index (χ4v) is 2.74. The summed E-state index contributed by atoms with van der Waals surface area (Å²) in [6.45, 7) is 0.615. The summed E-state index contributed by atoms with van der Waals surface area (Å²) in [5, 5.41) is 12.8. The molecule has 0 amide bonds. The number of carbonyl (C=O) groups is 1. The highest BCUT2D eigenvalue weighted by Crippen LogP contribution is 2.43. The Morgan fingerprint density at radius 3 is 2.81 bits per heavy atom. The predicted octanol–water partition coefficient (Wildman–Crippen LogP) is 2.46. The van der Waals surface area contributed by atoms with Gasteiger partial charge in [0.15, 0.2) is 23.0 Å². The molecule has 2 heterocycles. The first-order valence-electron chi connectivity index (χ1n) is 6.04. The number of ether oxygens (including phenoxy) is 2. The lowest BCUT2D eigenvalue weighted by Gasteiger charge is -2.21. The molecule has 1 aliphatic rings. The van der Waals surface area contributed by atoms with Gasteiger partial charge >= 0.3 is 5.97 Å². The zero-order chi connectivity index (χ0) is 15.1. The van der Waals surface area contributed by atoms with E-state index in [1.165, 1.54) is 10.7 Å². The lowest BCUT2D eigenvalue weighted by molar-refractivity contribution is 0.0689. The minimum atomic E-state index is -1.18. The number of benzene rings is 1. The van der Waals surface area contributed by atoms with Crippen LogP contribution in [0.2, 0.25) is 0 Å². The molecule has 0 saturated carbocycles. The van der Waals surface area contributed by atoms with Gasteiger partial charge in [0, 0.05) is 11.5 Å². The van der Waals surface area contributed by atoms with Crippen molar-refractivity contribution in [3.8, 4) is 22.8 Å². The topological polar surface area (TPSA) is 73.6 Å². The summed E-state index contributed by atoms with van der Waals surface area (Å²) in [6, 6.07) is 2.90. The first-order valence-corrected chi connectivity index (χ1v) is 6.83. The molecule has 0 spiro atoms. The van der Waals surface area contributed by atoms with Crippen molar-refractivity contribution in [3.63, 3.8) is 0 Å². The molecule has 21 heavy (non-hydrogen) atoms. The van der Waals surface area contributed by atoms with E-state index < -0.39 is 11.8 Å². The Bertz CT molecular complexity index is 744. The maximum atomic E-state index is 14.7. The average Bonchev–Trinajstić information content (AvgIpc) is 2.81. The normalized spacial score (nSPS) is 13.3. The Morgan fingerprint density at radius 1 is 1.43 bits per heavy atom. The lowest BCUT2D eigenvalue weighted by atomic mass is 10.1. The summed E-state index contributed by atoms with van der Waals surface area (Å²) < 4.78 is 27.0. The largest absolute Gasteiger partial charge is 0.486 e. The van der Waals surface area contributed by atoms with Crippen molar-refractivity contribution in [2.24, 2.45) is 7.05 Å². The lowest BCUT2D eigenvalue weighted by Crippen LogP contribution is -2.17. The molecule has 3 rings (SSSR count). The molecule has 0 aliphatic carbocycles. The molecule has 8 heteroatoms. The number of aryl methyl sites for hydroxylation is 1. The van der Waals surface area contributed by atoms with Crippen molar-refractivity contribution in [3.05, 3.63) is 28.1 Å². The number of carboxylic acids is 1. The Kier molecular flexibility index (Phi) is 3.32. The average molecular weight is 357 g/mol. The Hall–Kier alpha value is -2.09. The third kappa shape index (κ3) is 2.25. The van der Waals surface area contributed by atoms with Gasteiger partial charge in [-0.2, -0.15) is 5.10 Å². The number of fused-ring (bicyclic) bond motifs is 1. The molecule has 0 unspecified atom stereocenters. The van der Waals surface area contributed by atoms with Crippen LogP contribution in [0, 0.1) is 5.82 Å². The maximum Gasteiger partial charge on any atom is 0.356 e. The standard InChI is InChI=1S/C13H10BrFN2O4/c1-17-8(5-7(16-17)13(18)19)10-6(14)4-9-12(11(10)15)21-3-2-20-9/h4-5H,2-3H2,1H3,(H,18,19). The van der Waals surface area contributed by atoms with Gasteiger partial charge in [-0.25, -0.2) is 9.18 Å². The van der Waals surface area contributed by atoms with E-state index in [-0.39, 0.29) is 23.6 Å². The minimum Gasteiger partial charge on any atom is -0.486 e. The van der Waals surface area contributed by atoms with E-state index in [4.69, 9.17) is 14.6 Å². The van der Waals surface area contributed by atoms with E-state index in [0.29, 0.717) is 22.5 Å². The second kappa shape index (κ2) is 5.03. The Balaban J connectivity index is 2.21. The second-order valence-electron chi connectivity index (χ2n) is 4.42. The number of nitrogens with zero attached hydrogens (tertiary/aromatic N) is 2. The molecule has 1 N–H and O–H groups in total. The van der Waals surface area contributed by atoms with Gasteiger partial charge in [-0.05, 0) is 28.1 Å². The van der Waals surface area contributed by atoms with Gasteiger partial charge in [0.25, 0.3) is 0 Å². The van der Waals surface area contributed by atoms with Crippen molar-refractivity contribution in [2.75, 3.05) is 13.2 Å². The van der Waals surface area contributed by atoms with Crippen LogP contribution in [-0.4, -0.2) is 34.1 Å². The van der Waals surface area contributed by atoms with E-state index in [1.54, 1.807) is 13.1 Å². The number of halogens is 2. The van der Waals surface area contributed by atoms with Crippen LogP contribution in [-0.2, 0) is 7.05 Å². The summed E-state index contributed by atoms with van der Waals surface area (Å²) >= 11 is 3.28. The van der Waals surface area contributed by atoms with Crippen molar-refractivity contribution in [1.29, 1.82) is 0 Å². The molecule has 110 valence electrons. The molecule has 0 saturated heterocycles. The van der Waals surface area contributed by atoms with Gasteiger partial charge < -0.3 is 14.6 Å². The smallest absolute Gasteiger partial charge is 0.356 e. The number of hydrogen-bond donors (Lipinski definition) is 1. The molecule has 0 bridgehead atoms. The van der Waals surface area contributed by atoms with Crippen molar-refractivity contribution < 1.29 is 23.8 Å². The third-order valence-corrected chi connectivity index (χ3v) is 3.71. The fraction of sp³-hybridized carbons (Fsp3) is 0.231. The van der Waals surface area contributed by atoms with Crippen LogP contribution in [0.15, 0.2) is 16.6 Å². The number of aromatic carboxylic acids is 1. The predicted molar refractivity (Wildman–Crippen MR) is 74.3 cm³/mol. The fourth-order valence-electron chi connectivity index (χ4n) is 2.16. The molecule has 6 nitrogen and oxygen atoms in total. The van der Waals surface area contributed by atoms with Crippen LogP contribution >= 0.6 is 15.9 Å². The van der Waals surface area contributed by atoms with Crippen LogP contribution in [0.5, 0.6) is 11.5 Å². The zero-order valence-corrected chi connectivity index (χ0v) is 12.5. The van der Waals surface area contributed by atoms with Crippen LogP contribution < -0.4 is 9.47 Å².